The minimum Gasteiger partial charge on any atom is -0.481 e. The molecule has 3 aromatic heterocycles. The molecule has 1 aliphatic heterocycles. The van der Waals surface area contributed by atoms with Crippen LogP contribution in [0.5, 0.6) is 5.88 Å². The number of piperidine rings is 1. The second-order valence-corrected chi connectivity index (χ2v) is 7.99. The number of anilines is 2. The van der Waals surface area contributed by atoms with E-state index >= 15 is 0 Å². The monoisotopic (exact) mass is 488 g/mol. The van der Waals surface area contributed by atoms with Crippen LogP contribution in [0, 0.1) is 0 Å². The van der Waals surface area contributed by atoms with Crippen molar-refractivity contribution >= 4 is 50.3 Å². The van der Waals surface area contributed by atoms with Crippen LogP contribution in [0.15, 0.2) is 35.1 Å². The fraction of sp³-hybridized carbons (Fsp3) is 0.300. The number of methoxy groups -OCH3 is 1. The van der Waals surface area contributed by atoms with Crippen molar-refractivity contribution in [3.05, 3.63) is 40.8 Å². The van der Waals surface area contributed by atoms with Gasteiger partial charge in [-0.25, -0.2) is 14.8 Å². The van der Waals surface area contributed by atoms with Crippen LogP contribution in [0.2, 0.25) is 0 Å². The van der Waals surface area contributed by atoms with Gasteiger partial charge in [-0.3, -0.25) is 4.79 Å². The molecular formula is C20H21BrN6O4. The minimum atomic E-state index is -1.04. The lowest BCUT2D eigenvalue weighted by atomic mass is 10.0. The van der Waals surface area contributed by atoms with Gasteiger partial charge in [0.2, 0.25) is 5.88 Å². The number of amides is 2. The van der Waals surface area contributed by atoms with Crippen molar-refractivity contribution in [3.8, 4) is 5.88 Å². The fourth-order valence-corrected chi connectivity index (χ4v) is 4.33. The van der Waals surface area contributed by atoms with E-state index in [9.17, 15) is 9.59 Å². The summed E-state index contributed by atoms with van der Waals surface area (Å²) < 4.78 is 5.85. The van der Waals surface area contributed by atoms with Gasteiger partial charge in [-0.05, 0) is 34.8 Å². The first-order valence-corrected chi connectivity index (χ1v) is 10.5. The number of pyridine rings is 2. The smallest absolute Gasteiger partial charge is 0.404 e. The number of nitrogens with zero attached hydrogens (tertiary/aromatic N) is 3. The van der Waals surface area contributed by atoms with E-state index in [4.69, 9.17) is 9.84 Å². The SMILES string of the molecule is COc1cccc(C(=O)Nc2c[nH]c3ncc(Br)c(N4CCCC(NC(=O)O)C4)c23)n1. The van der Waals surface area contributed by atoms with Crippen molar-refractivity contribution in [2.75, 3.05) is 30.4 Å². The summed E-state index contributed by atoms with van der Waals surface area (Å²) in [5, 5.41) is 15.3. The summed E-state index contributed by atoms with van der Waals surface area (Å²) in [6, 6.07) is 4.79. The standard InChI is InChI=1S/C20H21BrN6O4/c1-31-15-6-2-5-13(25-15)19(28)26-14-9-23-18-16(14)17(12(21)8-22-18)27-7-3-4-11(10-27)24-20(29)30/h2,5-6,8-9,11,24H,3-4,7,10H2,1H3,(H,22,23)(H,26,28)(H,29,30). The van der Waals surface area contributed by atoms with Gasteiger partial charge in [-0.15, -0.1) is 0 Å². The van der Waals surface area contributed by atoms with Gasteiger partial charge in [-0.2, -0.15) is 0 Å². The second kappa shape index (κ2) is 8.80. The number of carbonyl (C=O) groups is 2. The molecule has 1 aliphatic rings. The molecule has 10 nitrogen and oxygen atoms in total. The van der Waals surface area contributed by atoms with Crippen LogP contribution < -0.4 is 20.3 Å². The van der Waals surface area contributed by atoms with Crippen LogP contribution in [-0.4, -0.2) is 58.3 Å². The van der Waals surface area contributed by atoms with Gasteiger partial charge in [0.05, 0.1) is 28.3 Å². The molecule has 2 amide bonds. The summed E-state index contributed by atoms with van der Waals surface area (Å²) in [6.07, 6.45) is 3.94. The summed E-state index contributed by atoms with van der Waals surface area (Å²) >= 11 is 3.58. The number of aromatic amines is 1. The predicted octanol–water partition coefficient (Wildman–Crippen LogP) is 3.22. The maximum Gasteiger partial charge on any atom is 0.404 e. The highest BCUT2D eigenvalue weighted by Crippen LogP contribution is 2.39. The third-order valence-corrected chi connectivity index (χ3v) is 5.69. The Morgan fingerprint density at radius 1 is 1.39 bits per heavy atom. The molecule has 1 unspecified atom stereocenters. The highest BCUT2D eigenvalue weighted by Gasteiger charge is 2.26. The number of carbonyl (C=O) groups excluding carboxylic acids is 1. The van der Waals surface area contributed by atoms with Gasteiger partial charge in [0.15, 0.2) is 0 Å². The number of hydrogen-bond acceptors (Lipinski definition) is 6. The highest BCUT2D eigenvalue weighted by molar-refractivity contribution is 9.10. The van der Waals surface area contributed by atoms with E-state index in [1.807, 2.05) is 0 Å². The molecule has 0 bridgehead atoms. The van der Waals surface area contributed by atoms with Gasteiger partial charge >= 0.3 is 6.09 Å². The van der Waals surface area contributed by atoms with E-state index in [0.29, 0.717) is 23.8 Å². The second-order valence-electron chi connectivity index (χ2n) is 7.13. The zero-order valence-corrected chi connectivity index (χ0v) is 18.3. The van der Waals surface area contributed by atoms with E-state index in [1.165, 1.54) is 7.11 Å². The molecule has 1 fully saturated rings. The highest BCUT2D eigenvalue weighted by atomic mass is 79.9. The normalized spacial score (nSPS) is 16.2. The van der Waals surface area contributed by atoms with Crippen LogP contribution in [0.1, 0.15) is 23.3 Å². The van der Waals surface area contributed by atoms with Crippen LogP contribution in [0.4, 0.5) is 16.2 Å². The molecular weight excluding hydrogens is 468 g/mol. The Morgan fingerprint density at radius 2 is 2.23 bits per heavy atom. The molecule has 0 saturated carbocycles. The summed E-state index contributed by atoms with van der Waals surface area (Å²) in [4.78, 5) is 37.7. The zero-order chi connectivity index (χ0) is 22.0. The number of nitrogens with one attached hydrogen (secondary N) is 3. The predicted molar refractivity (Wildman–Crippen MR) is 119 cm³/mol. The third-order valence-electron chi connectivity index (χ3n) is 5.11. The first-order valence-electron chi connectivity index (χ1n) is 9.68. The lowest BCUT2D eigenvalue weighted by molar-refractivity contribution is 0.102. The number of ether oxygens (including phenoxy) is 1. The molecule has 3 aromatic rings. The van der Waals surface area contributed by atoms with E-state index in [2.05, 4.69) is 46.4 Å². The average Bonchev–Trinajstić information content (AvgIpc) is 3.16. The Kier molecular flexibility index (Phi) is 5.94. The van der Waals surface area contributed by atoms with Gasteiger partial charge in [0.25, 0.3) is 5.91 Å². The van der Waals surface area contributed by atoms with Crippen molar-refractivity contribution < 1.29 is 19.4 Å². The minimum absolute atomic E-state index is 0.181. The summed E-state index contributed by atoms with van der Waals surface area (Å²) in [7, 11) is 1.49. The Hall–Kier alpha value is -3.34. The lowest BCUT2D eigenvalue weighted by Gasteiger charge is -2.35. The van der Waals surface area contributed by atoms with Crippen LogP contribution in [0.3, 0.4) is 0 Å². The summed E-state index contributed by atoms with van der Waals surface area (Å²) in [6.45, 7) is 1.27. The molecule has 1 saturated heterocycles. The van der Waals surface area contributed by atoms with Crippen molar-refractivity contribution in [2.45, 2.75) is 18.9 Å². The van der Waals surface area contributed by atoms with Crippen molar-refractivity contribution in [3.63, 3.8) is 0 Å². The Morgan fingerprint density at radius 3 is 3.00 bits per heavy atom. The van der Waals surface area contributed by atoms with Gasteiger partial charge in [-0.1, -0.05) is 6.07 Å². The molecule has 0 radical (unpaired) electrons. The molecule has 0 spiro atoms. The third kappa shape index (κ3) is 4.41. The van der Waals surface area contributed by atoms with Crippen molar-refractivity contribution in [1.29, 1.82) is 0 Å². The van der Waals surface area contributed by atoms with Crippen LogP contribution in [-0.2, 0) is 0 Å². The van der Waals surface area contributed by atoms with E-state index in [0.717, 1.165) is 34.9 Å². The molecule has 0 aromatic carbocycles. The van der Waals surface area contributed by atoms with Crippen LogP contribution >= 0.6 is 15.9 Å². The van der Waals surface area contributed by atoms with Crippen molar-refractivity contribution in [2.24, 2.45) is 0 Å². The fourth-order valence-electron chi connectivity index (χ4n) is 3.78. The molecule has 4 N–H and O–H groups in total. The summed E-state index contributed by atoms with van der Waals surface area (Å²) in [5.41, 5.74) is 2.24. The van der Waals surface area contributed by atoms with Gasteiger partial charge in [0, 0.05) is 37.6 Å². The number of aromatic nitrogens is 3. The van der Waals surface area contributed by atoms with E-state index in [-0.39, 0.29) is 17.6 Å². The number of fused-ring (bicyclic) bond motifs is 1. The lowest BCUT2D eigenvalue weighted by Crippen LogP contribution is -2.47. The number of halogens is 1. The number of H-pyrrole nitrogens is 1. The molecule has 4 rings (SSSR count). The van der Waals surface area contributed by atoms with Gasteiger partial charge < -0.3 is 30.4 Å². The first kappa shape index (κ1) is 20.9. The molecule has 1 atom stereocenters. The Balaban J connectivity index is 1.67. The topological polar surface area (TPSA) is 132 Å². The molecule has 0 aliphatic carbocycles. The Labute approximate surface area is 186 Å². The zero-order valence-electron chi connectivity index (χ0n) is 16.7. The van der Waals surface area contributed by atoms with Gasteiger partial charge in [0.1, 0.15) is 11.3 Å². The Bertz CT molecular complexity index is 1130. The molecule has 31 heavy (non-hydrogen) atoms. The summed E-state index contributed by atoms with van der Waals surface area (Å²) in [5.74, 6) is -0.0308. The number of hydrogen-bond donors (Lipinski definition) is 4. The average molecular weight is 489 g/mol. The van der Waals surface area contributed by atoms with E-state index < -0.39 is 6.09 Å². The maximum atomic E-state index is 12.8. The van der Waals surface area contributed by atoms with E-state index in [1.54, 1.807) is 30.6 Å². The largest absolute Gasteiger partial charge is 0.481 e. The molecule has 162 valence electrons. The molecule has 11 heteroatoms. The number of carboxylic acid groups (broad SMARTS) is 1. The number of rotatable bonds is 5. The van der Waals surface area contributed by atoms with Crippen molar-refractivity contribution in [1.82, 2.24) is 20.3 Å². The quantitative estimate of drug-likeness (QED) is 0.433. The van der Waals surface area contributed by atoms with Crippen LogP contribution in [0.25, 0.3) is 11.0 Å². The molecule has 4 heterocycles. The maximum absolute atomic E-state index is 12.8. The first-order chi connectivity index (χ1) is 15.0.